The lowest BCUT2D eigenvalue weighted by Gasteiger charge is -2.12. The Balaban J connectivity index is 1.46. The molecule has 2 amide bonds. The van der Waals surface area contributed by atoms with E-state index >= 15 is 0 Å². The second-order valence-electron chi connectivity index (χ2n) is 6.94. The number of aromatic nitrogens is 3. The molecule has 0 saturated heterocycles. The molecule has 0 radical (unpaired) electrons. The number of urea groups is 1. The van der Waals surface area contributed by atoms with E-state index in [0.29, 0.717) is 24.2 Å². The highest BCUT2D eigenvalue weighted by molar-refractivity contribution is 6.00. The maximum Gasteiger partial charge on any atom is 0.340 e. The first kappa shape index (κ1) is 21.0. The summed E-state index contributed by atoms with van der Waals surface area (Å²) < 4.78 is 7.04. The molecule has 0 unspecified atom stereocenters. The number of nitrogens with zero attached hydrogens (tertiary/aromatic N) is 3. The molecule has 4 aromatic rings. The Morgan fingerprint density at radius 3 is 2.59 bits per heavy atom. The Hall–Kier alpha value is -4.20. The summed E-state index contributed by atoms with van der Waals surface area (Å²) in [5.74, 6) is 0.310. The van der Waals surface area contributed by atoms with Crippen LogP contribution in [0.3, 0.4) is 0 Å². The number of carbonyl (C=O) groups excluding carboxylic acids is 2. The normalized spacial score (nSPS) is 10.7. The third-order valence-electron chi connectivity index (χ3n) is 4.80. The molecule has 2 aromatic carbocycles. The van der Waals surface area contributed by atoms with Crippen LogP contribution in [-0.4, -0.2) is 39.7 Å². The van der Waals surface area contributed by atoms with E-state index < -0.39 is 12.0 Å². The highest BCUT2D eigenvalue weighted by Crippen LogP contribution is 2.20. The summed E-state index contributed by atoms with van der Waals surface area (Å²) >= 11 is 0. The topological polar surface area (TPSA) is 98.1 Å². The number of nitrogens with one attached hydrogen (secondary N) is 2. The summed E-state index contributed by atoms with van der Waals surface area (Å²) in [7, 11) is 0. The van der Waals surface area contributed by atoms with Gasteiger partial charge >= 0.3 is 12.0 Å². The van der Waals surface area contributed by atoms with Crippen LogP contribution in [0.5, 0.6) is 0 Å². The van der Waals surface area contributed by atoms with Gasteiger partial charge in [0.25, 0.3) is 0 Å². The summed E-state index contributed by atoms with van der Waals surface area (Å²) in [6.07, 6.45) is 2.23. The van der Waals surface area contributed by atoms with Gasteiger partial charge in [-0.05, 0) is 43.3 Å². The molecule has 162 valence electrons. The predicted octanol–water partition coefficient (Wildman–Crippen LogP) is 3.96. The number of imidazole rings is 1. The number of anilines is 1. The number of esters is 1. The van der Waals surface area contributed by atoms with Crippen molar-refractivity contribution in [2.75, 3.05) is 18.5 Å². The van der Waals surface area contributed by atoms with Crippen molar-refractivity contribution in [3.8, 4) is 5.69 Å². The number of ether oxygens (including phenoxy) is 1. The zero-order valence-corrected chi connectivity index (χ0v) is 17.6. The van der Waals surface area contributed by atoms with Gasteiger partial charge < -0.3 is 15.4 Å². The molecule has 0 aliphatic rings. The van der Waals surface area contributed by atoms with Crippen molar-refractivity contribution in [1.82, 2.24) is 19.9 Å². The van der Waals surface area contributed by atoms with Crippen molar-refractivity contribution in [2.24, 2.45) is 0 Å². The third kappa shape index (κ3) is 4.59. The van der Waals surface area contributed by atoms with Crippen molar-refractivity contribution < 1.29 is 14.3 Å². The summed E-state index contributed by atoms with van der Waals surface area (Å²) in [5, 5.41) is 5.54. The predicted molar refractivity (Wildman–Crippen MR) is 122 cm³/mol. The second-order valence-corrected chi connectivity index (χ2v) is 6.94. The van der Waals surface area contributed by atoms with Gasteiger partial charge in [-0.2, -0.15) is 0 Å². The molecule has 0 saturated carbocycles. The van der Waals surface area contributed by atoms with Gasteiger partial charge in [0.1, 0.15) is 11.3 Å². The highest BCUT2D eigenvalue weighted by Gasteiger charge is 2.15. The molecule has 0 aliphatic carbocycles. The van der Waals surface area contributed by atoms with Crippen LogP contribution in [0.15, 0.2) is 72.9 Å². The molecule has 2 heterocycles. The van der Waals surface area contributed by atoms with Crippen LogP contribution >= 0.6 is 0 Å². The summed E-state index contributed by atoms with van der Waals surface area (Å²) in [4.78, 5) is 33.7. The number of amides is 2. The highest BCUT2D eigenvalue weighted by atomic mass is 16.5. The van der Waals surface area contributed by atoms with Crippen LogP contribution in [-0.2, 0) is 11.2 Å². The van der Waals surface area contributed by atoms with Crippen molar-refractivity contribution >= 4 is 28.9 Å². The number of hydrogen-bond donors (Lipinski definition) is 2. The minimum atomic E-state index is -0.479. The van der Waals surface area contributed by atoms with Gasteiger partial charge in [0.05, 0.1) is 17.9 Å². The second kappa shape index (κ2) is 9.74. The van der Waals surface area contributed by atoms with E-state index in [-0.39, 0.29) is 6.61 Å². The van der Waals surface area contributed by atoms with E-state index in [9.17, 15) is 9.59 Å². The standard InChI is InChI=1S/C24H23N5O3/c1-2-32-23(30)18-11-6-7-12-19(18)28-24(31)26-16-14-21-27-20-13-8-15-25-22(20)29(21)17-9-4-3-5-10-17/h3-13,15H,2,14,16H2,1H3,(H2,26,28,31). The Labute approximate surface area is 185 Å². The molecule has 8 heteroatoms. The number of pyridine rings is 1. The molecule has 32 heavy (non-hydrogen) atoms. The van der Waals surface area contributed by atoms with Gasteiger partial charge in [-0.3, -0.25) is 4.57 Å². The number of hydrogen-bond acceptors (Lipinski definition) is 5. The molecule has 0 aliphatic heterocycles. The van der Waals surface area contributed by atoms with Crippen LogP contribution in [0.25, 0.3) is 16.9 Å². The average Bonchev–Trinajstić information content (AvgIpc) is 3.18. The fraction of sp³-hybridized carbons (Fsp3) is 0.167. The van der Waals surface area contributed by atoms with Crippen LogP contribution < -0.4 is 10.6 Å². The fourth-order valence-corrected chi connectivity index (χ4v) is 3.41. The van der Waals surface area contributed by atoms with Gasteiger partial charge in [-0.15, -0.1) is 0 Å². The lowest BCUT2D eigenvalue weighted by molar-refractivity contribution is 0.0527. The molecule has 0 fully saturated rings. The zero-order chi connectivity index (χ0) is 22.3. The Morgan fingerprint density at radius 2 is 1.78 bits per heavy atom. The number of fused-ring (bicyclic) bond motifs is 1. The van der Waals surface area contributed by atoms with Crippen LogP contribution in [0.2, 0.25) is 0 Å². The lowest BCUT2D eigenvalue weighted by Crippen LogP contribution is -2.31. The Kier molecular flexibility index (Phi) is 6.41. The van der Waals surface area contributed by atoms with Crippen LogP contribution in [0.4, 0.5) is 10.5 Å². The van der Waals surface area contributed by atoms with E-state index in [4.69, 9.17) is 9.72 Å². The molecule has 2 N–H and O–H groups in total. The van der Waals surface area contributed by atoms with Gasteiger partial charge in [-0.25, -0.2) is 19.6 Å². The Morgan fingerprint density at radius 1 is 1.00 bits per heavy atom. The van der Waals surface area contributed by atoms with E-state index in [1.165, 1.54) is 0 Å². The summed E-state index contributed by atoms with van der Waals surface area (Å²) in [6, 6.07) is 19.9. The number of rotatable bonds is 7. The van der Waals surface area contributed by atoms with Crippen LogP contribution in [0, 0.1) is 0 Å². The first-order valence-corrected chi connectivity index (χ1v) is 10.4. The minimum absolute atomic E-state index is 0.261. The van der Waals surface area contributed by atoms with E-state index in [0.717, 1.165) is 22.7 Å². The van der Waals surface area contributed by atoms with Crippen molar-refractivity contribution in [3.63, 3.8) is 0 Å². The maximum atomic E-state index is 12.4. The molecule has 2 aromatic heterocycles. The van der Waals surface area contributed by atoms with E-state index in [1.54, 1.807) is 37.4 Å². The smallest absolute Gasteiger partial charge is 0.340 e. The van der Waals surface area contributed by atoms with E-state index in [1.807, 2.05) is 47.0 Å². The average molecular weight is 429 g/mol. The monoisotopic (exact) mass is 429 g/mol. The maximum absolute atomic E-state index is 12.4. The van der Waals surface area contributed by atoms with Crippen molar-refractivity contribution in [2.45, 2.75) is 13.3 Å². The van der Waals surface area contributed by atoms with Crippen LogP contribution in [0.1, 0.15) is 23.1 Å². The summed E-state index contributed by atoms with van der Waals surface area (Å²) in [6.45, 7) is 2.35. The first-order valence-electron chi connectivity index (χ1n) is 10.4. The molecule has 0 spiro atoms. The quantitative estimate of drug-likeness (QED) is 0.433. The molecular weight excluding hydrogens is 406 g/mol. The number of para-hydroxylation sites is 2. The number of carbonyl (C=O) groups is 2. The molecule has 4 rings (SSSR count). The first-order chi connectivity index (χ1) is 15.7. The Bertz CT molecular complexity index is 1240. The lowest BCUT2D eigenvalue weighted by atomic mass is 10.2. The molecule has 0 atom stereocenters. The minimum Gasteiger partial charge on any atom is -0.462 e. The SMILES string of the molecule is CCOC(=O)c1ccccc1NC(=O)NCCc1nc2cccnc2n1-c1ccccc1. The van der Waals surface area contributed by atoms with Gasteiger partial charge in [-0.1, -0.05) is 30.3 Å². The van der Waals surface area contributed by atoms with Gasteiger partial charge in [0.15, 0.2) is 5.65 Å². The molecule has 0 bridgehead atoms. The largest absolute Gasteiger partial charge is 0.462 e. The zero-order valence-electron chi connectivity index (χ0n) is 17.6. The molecule has 8 nitrogen and oxygen atoms in total. The van der Waals surface area contributed by atoms with Crippen molar-refractivity contribution in [3.05, 3.63) is 84.3 Å². The van der Waals surface area contributed by atoms with E-state index in [2.05, 4.69) is 15.6 Å². The van der Waals surface area contributed by atoms with Gasteiger partial charge in [0, 0.05) is 24.8 Å². The number of benzene rings is 2. The van der Waals surface area contributed by atoms with Gasteiger partial charge in [0.2, 0.25) is 0 Å². The summed E-state index contributed by atoms with van der Waals surface area (Å²) in [5.41, 5.74) is 3.21. The fourth-order valence-electron chi connectivity index (χ4n) is 3.41. The third-order valence-corrected chi connectivity index (χ3v) is 4.80. The molecular formula is C24H23N5O3. The van der Waals surface area contributed by atoms with Crippen molar-refractivity contribution in [1.29, 1.82) is 0 Å².